The van der Waals surface area contributed by atoms with Crippen molar-refractivity contribution < 1.29 is 19.1 Å². The number of hydrogen-bond acceptors (Lipinski definition) is 6. The van der Waals surface area contributed by atoms with Crippen molar-refractivity contribution in [1.29, 1.82) is 5.41 Å². The van der Waals surface area contributed by atoms with Gasteiger partial charge in [0.1, 0.15) is 29.1 Å². The van der Waals surface area contributed by atoms with Gasteiger partial charge >= 0.3 is 0 Å². The van der Waals surface area contributed by atoms with Gasteiger partial charge < -0.3 is 36.1 Å². The predicted octanol–water partition coefficient (Wildman–Crippen LogP) is 6.35. The summed E-state index contributed by atoms with van der Waals surface area (Å²) in [5.41, 5.74) is 14.1. The fraction of sp³-hybridized carbons (Fsp3) is 0.152. The van der Waals surface area contributed by atoms with E-state index in [2.05, 4.69) is 10.6 Å². The first-order valence-electron chi connectivity index (χ1n) is 14.2. The first kappa shape index (κ1) is 32.1. The zero-order valence-electron chi connectivity index (χ0n) is 24.7. The van der Waals surface area contributed by atoms with E-state index >= 15 is 0 Å². The molecule has 0 bridgehead atoms. The quantitative estimate of drug-likeness (QED) is 0.0590. The molecule has 0 radical (unpaired) electrons. The Balaban J connectivity index is 1.54. The number of carbonyl (C=O) groups excluding carboxylic acids is 2. The molecular weight excluding hydrogens is 629 g/mol. The second kappa shape index (κ2) is 14.2. The first-order valence-corrected chi connectivity index (χ1v) is 15.0. The number of nitrogens with zero attached hydrogens (tertiary/aromatic N) is 2. The molecule has 5 aromatic rings. The molecule has 46 heavy (non-hydrogen) atoms. The Bertz CT molecular complexity index is 1890. The molecule has 13 heteroatoms. The first-order chi connectivity index (χ1) is 22.1. The summed E-state index contributed by atoms with van der Waals surface area (Å²) in [5.74, 6) is 0.984. The van der Waals surface area contributed by atoms with E-state index in [0.29, 0.717) is 80.4 Å². The molecule has 1 heterocycles. The maximum atomic E-state index is 13.2. The molecule has 4 aromatic carbocycles. The van der Waals surface area contributed by atoms with Crippen molar-refractivity contribution in [2.75, 3.05) is 19.0 Å². The Labute approximate surface area is 274 Å². The number of carbonyl (C=O) groups is 2. The standard InChI is InChI=1S/C33H31Cl2N7O4/c1-45-24-10-8-23(9-11-24)40-32(44)20-7-12-28-27(15-20)41-31(42(28)29(30(36)43)6-3-13-39-33(37)38)19-4-2-5-25(14-19)46-26-17-21(34)16-22(35)18-26/h2,4-5,7-12,14-18,29H,3,6,13H2,1H3,(H2,36,43)(H,40,44)(H4,37,38,39). The average molecular weight is 661 g/mol. The predicted molar refractivity (Wildman–Crippen MR) is 180 cm³/mol. The lowest BCUT2D eigenvalue weighted by molar-refractivity contribution is -0.121. The minimum absolute atomic E-state index is 0.164. The van der Waals surface area contributed by atoms with Gasteiger partial charge in [-0.05, 0) is 85.6 Å². The fourth-order valence-electron chi connectivity index (χ4n) is 4.98. The summed E-state index contributed by atoms with van der Waals surface area (Å²) in [6.45, 7) is 0.377. The normalized spacial score (nSPS) is 11.5. The number of halogens is 2. The SMILES string of the molecule is COc1ccc(NC(=O)c2ccc3c(c2)nc(-c2cccc(Oc4cc(Cl)cc(Cl)c4)c2)n3C(CCCNC(=N)N)C(N)=O)cc1. The Morgan fingerprint density at radius 2 is 1.67 bits per heavy atom. The molecule has 0 aliphatic heterocycles. The number of benzene rings is 4. The maximum Gasteiger partial charge on any atom is 0.255 e. The number of ether oxygens (including phenoxy) is 2. The van der Waals surface area contributed by atoms with E-state index in [1.807, 2.05) is 6.07 Å². The van der Waals surface area contributed by atoms with Crippen LogP contribution in [0.3, 0.4) is 0 Å². The number of anilines is 1. The molecular formula is C33H31Cl2N7O4. The molecule has 7 N–H and O–H groups in total. The van der Waals surface area contributed by atoms with Crippen LogP contribution >= 0.6 is 23.2 Å². The van der Waals surface area contributed by atoms with Gasteiger partial charge in [0.25, 0.3) is 5.91 Å². The van der Waals surface area contributed by atoms with Crippen LogP contribution in [0.1, 0.15) is 29.2 Å². The van der Waals surface area contributed by atoms with E-state index in [4.69, 9.17) is 54.5 Å². The van der Waals surface area contributed by atoms with Crippen LogP contribution < -0.4 is 31.6 Å². The zero-order chi connectivity index (χ0) is 32.8. The topological polar surface area (TPSA) is 170 Å². The number of rotatable bonds is 12. The number of guanidine groups is 1. The molecule has 0 fully saturated rings. The molecule has 236 valence electrons. The van der Waals surface area contributed by atoms with Crippen molar-refractivity contribution in [3.8, 4) is 28.6 Å². The van der Waals surface area contributed by atoms with Gasteiger partial charge in [-0.2, -0.15) is 0 Å². The molecule has 1 unspecified atom stereocenters. The monoisotopic (exact) mass is 659 g/mol. The van der Waals surface area contributed by atoms with E-state index in [9.17, 15) is 9.59 Å². The molecule has 1 aromatic heterocycles. The van der Waals surface area contributed by atoms with Crippen molar-refractivity contribution in [2.45, 2.75) is 18.9 Å². The van der Waals surface area contributed by atoms with Crippen LogP contribution in [-0.4, -0.2) is 41.0 Å². The Hall–Kier alpha value is -5.26. The van der Waals surface area contributed by atoms with E-state index in [1.165, 1.54) is 0 Å². The van der Waals surface area contributed by atoms with Gasteiger partial charge in [0.15, 0.2) is 5.96 Å². The minimum atomic E-state index is -0.802. The smallest absolute Gasteiger partial charge is 0.255 e. The lowest BCUT2D eigenvalue weighted by Crippen LogP contribution is -2.32. The third-order valence-corrected chi connectivity index (χ3v) is 7.51. The van der Waals surface area contributed by atoms with Gasteiger partial charge in [-0.1, -0.05) is 35.3 Å². The van der Waals surface area contributed by atoms with E-state index in [0.717, 1.165) is 0 Å². The van der Waals surface area contributed by atoms with Gasteiger partial charge in [-0.15, -0.1) is 0 Å². The number of methoxy groups -OCH3 is 1. The number of nitrogens with two attached hydrogens (primary N) is 2. The molecule has 0 saturated carbocycles. The van der Waals surface area contributed by atoms with Crippen LogP contribution in [0, 0.1) is 5.41 Å². The summed E-state index contributed by atoms with van der Waals surface area (Å²) >= 11 is 12.3. The van der Waals surface area contributed by atoms with Crippen molar-refractivity contribution in [2.24, 2.45) is 11.5 Å². The summed E-state index contributed by atoms with van der Waals surface area (Å²) in [5, 5.41) is 13.9. The van der Waals surface area contributed by atoms with E-state index in [1.54, 1.807) is 90.5 Å². The maximum absolute atomic E-state index is 13.2. The summed E-state index contributed by atoms with van der Waals surface area (Å²) < 4.78 is 13.0. The summed E-state index contributed by atoms with van der Waals surface area (Å²) in [6, 6.07) is 23.3. The van der Waals surface area contributed by atoms with Gasteiger partial charge in [0, 0.05) is 33.4 Å². The molecule has 0 spiro atoms. The molecule has 0 aliphatic rings. The second-order valence-electron chi connectivity index (χ2n) is 10.3. The Morgan fingerprint density at radius 1 is 0.935 bits per heavy atom. The van der Waals surface area contributed by atoms with Crippen LogP contribution in [0.15, 0.2) is 84.9 Å². The molecule has 2 amide bonds. The largest absolute Gasteiger partial charge is 0.497 e. The molecule has 11 nitrogen and oxygen atoms in total. The van der Waals surface area contributed by atoms with Gasteiger partial charge in [-0.25, -0.2) is 4.98 Å². The Morgan fingerprint density at radius 3 is 2.35 bits per heavy atom. The zero-order valence-corrected chi connectivity index (χ0v) is 26.2. The number of amides is 2. The summed E-state index contributed by atoms with van der Waals surface area (Å²) in [6.07, 6.45) is 0.832. The van der Waals surface area contributed by atoms with Gasteiger partial charge in [0.05, 0.1) is 18.1 Å². The average Bonchev–Trinajstić information content (AvgIpc) is 3.39. The highest BCUT2D eigenvalue weighted by atomic mass is 35.5. The van der Waals surface area contributed by atoms with Crippen LogP contribution in [0.2, 0.25) is 10.0 Å². The number of hydrogen-bond donors (Lipinski definition) is 5. The third-order valence-electron chi connectivity index (χ3n) is 7.07. The molecule has 5 rings (SSSR count). The highest BCUT2D eigenvalue weighted by Gasteiger charge is 2.25. The second-order valence-corrected chi connectivity index (χ2v) is 11.2. The van der Waals surface area contributed by atoms with Crippen molar-refractivity contribution in [3.05, 3.63) is 101 Å². The van der Waals surface area contributed by atoms with Gasteiger partial charge in [-0.3, -0.25) is 15.0 Å². The number of imidazole rings is 1. The molecule has 1 atom stereocenters. The third kappa shape index (κ3) is 7.68. The summed E-state index contributed by atoms with van der Waals surface area (Å²) in [4.78, 5) is 31.0. The number of fused-ring (bicyclic) bond motifs is 1. The lowest BCUT2D eigenvalue weighted by Gasteiger charge is -2.20. The number of nitrogens with one attached hydrogen (secondary N) is 3. The van der Waals surface area contributed by atoms with Crippen LogP contribution in [0.25, 0.3) is 22.4 Å². The number of aromatic nitrogens is 2. The van der Waals surface area contributed by atoms with E-state index < -0.39 is 11.9 Å². The highest BCUT2D eigenvalue weighted by molar-refractivity contribution is 6.34. The van der Waals surface area contributed by atoms with Gasteiger partial charge in [0.2, 0.25) is 5.91 Å². The molecule has 0 saturated heterocycles. The summed E-state index contributed by atoms with van der Waals surface area (Å²) in [7, 11) is 1.57. The fourth-order valence-corrected chi connectivity index (χ4v) is 5.48. The van der Waals surface area contributed by atoms with E-state index in [-0.39, 0.29) is 11.9 Å². The Kier molecular flexibility index (Phi) is 9.94. The van der Waals surface area contributed by atoms with Crippen LogP contribution in [0.4, 0.5) is 5.69 Å². The van der Waals surface area contributed by atoms with Crippen molar-refractivity contribution in [3.63, 3.8) is 0 Å². The van der Waals surface area contributed by atoms with Crippen molar-refractivity contribution >= 4 is 57.7 Å². The number of primary amides is 1. The van der Waals surface area contributed by atoms with Crippen LogP contribution in [-0.2, 0) is 4.79 Å². The van der Waals surface area contributed by atoms with Crippen molar-refractivity contribution in [1.82, 2.24) is 14.9 Å². The van der Waals surface area contributed by atoms with Crippen LogP contribution in [0.5, 0.6) is 17.2 Å². The highest BCUT2D eigenvalue weighted by Crippen LogP contribution is 2.34. The minimum Gasteiger partial charge on any atom is -0.497 e. The lowest BCUT2D eigenvalue weighted by atomic mass is 10.1. The molecule has 0 aliphatic carbocycles.